The molecule has 82 valence electrons. The quantitative estimate of drug-likeness (QED) is 0.775. The van der Waals surface area contributed by atoms with Crippen LogP contribution < -0.4 is 0 Å². The Balaban J connectivity index is 2.05. The van der Waals surface area contributed by atoms with Gasteiger partial charge in [-0.25, -0.2) is 15.0 Å². The van der Waals surface area contributed by atoms with E-state index in [9.17, 15) is 4.79 Å². The van der Waals surface area contributed by atoms with Crippen molar-refractivity contribution in [2.45, 2.75) is 6.54 Å². The summed E-state index contributed by atoms with van der Waals surface area (Å²) >= 11 is 0. The summed E-state index contributed by atoms with van der Waals surface area (Å²) in [6, 6.07) is 0. The average Bonchev–Trinajstić information content (AvgIpc) is 2.82. The van der Waals surface area contributed by atoms with Gasteiger partial charge in [0, 0.05) is 19.4 Å². The van der Waals surface area contributed by atoms with Crippen molar-refractivity contribution in [1.82, 2.24) is 30.0 Å². The van der Waals surface area contributed by atoms with Crippen molar-refractivity contribution in [1.29, 1.82) is 0 Å². The fourth-order valence-electron chi connectivity index (χ4n) is 1.23. The Morgan fingerprint density at radius 2 is 2.12 bits per heavy atom. The van der Waals surface area contributed by atoms with Gasteiger partial charge >= 0.3 is 0 Å². The van der Waals surface area contributed by atoms with E-state index in [0.717, 1.165) is 0 Å². The van der Waals surface area contributed by atoms with Gasteiger partial charge in [0.05, 0.1) is 12.1 Å². The van der Waals surface area contributed by atoms with Crippen LogP contribution in [0, 0.1) is 0 Å². The van der Waals surface area contributed by atoms with Crippen LogP contribution in [0.1, 0.15) is 16.2 Å². The second kappa shape index (κ2) is 4.47. The molecule has 0 saturated carbocycles. The Hall–Kier alpha value is -2.31. The second-order valence-corrected chi connectivity index (χ2v) is 3.22. The van der Waals surface area contributed by atoms with E-state index in [1.54, 1.807) is 7.05 Å². The van der Waals surface area contributed by atoms with Crippen LogP contribution in [0.15, 0.2) is 25.0 Å². The molecule has 0 saturated heterocycles. The highest BCUT2D eigenvalue weighted by atomic mass is 16.2. The zero-order valence-electron chi connectivity index (χ0n) is 8.66. The predicted octanol–water partition coefficient (Wildman–Crippen LogP) is -0.133. The molecule has 1 N–H and O–H groups in total. The van der Waals surface area contributed by atoms with Crippen LogP contribution in [0.3, 0.4) is 0 Å². The van der Waals surface area contributed by atoms with E-state index in [-0.39, 0.29) is 5.91 Å². The third-order valence-corrected chi connectivity index (χ3v) is 2.01. The van der Waals surface area contributed by atoms with E-state index < -0.39 is 0 Å². The SMILES string of the molecule is CN(Cc1ncn[nH]1)C(=O)c1cncnc1. The summed E-state index contributed by atoms with van der Waals surface area (Å²) < 4.78 is 0. The van der Waals surface area contributed by atoms with Crippen molar-refractivity contribution in [3.63, 3.8) is 0 Å². The average molecular weight is 218 g/mol. The lowest BCUT2D eigenvalue weighted by molar-refractivity contribution is 0.0781. The van der Waals surface area contributed by atoms with Gasteiger partial charge < -0.3 is 4.90 Å². The number of hydrogen-bond donors (Lipinski definition) is 1. The zero-order chi connectivity index (χ0) is 11.4. The molecule has 0 atom stereocenters. The molecule has 7 nitrogen and oxygen atoms in total. The largest absolute Gasteiger partial charge is 0.334 e. The normalized spacial score (nSPS) is 10.1. The lowest BCUT2D eigenvalue weighted by Gasteiger charge is -2.14. The molecule has 2 heterocycles. The topological polar surface area (TPSA) is 87.7 Å². The number of hydrogen-bond acceptors (Lipinski definition) is 5. The number of aromatic amines is 1. The molecule has 0 bridgehead atoms. The molecule has 2 aromatic rings. The number of nitrogens with one attached hydrogen (secondary N) is 1. The van der Waals surface area contributed by atoms with Crippen molar-refractivity contribution in [3.05, 3.63) is 36.4 Å². The minimum Gasteiger partial charge on any atom is -0.334 e. The van der Waals surface area contributed by atoms with E-state index in [2.05, 4.69) is 25.1 Å². The third-order valence-electron chi connectivity index (χ3n) is 2.01. The fraction of sp³-hybridized carbons (Fsp3) is 0.222. The van der Waals surface area contributed by atoms with E-state index in [4.69, 9.17) is 0 Å². The first kappa shape index (κ1) is 10.2. The molecule has 0 spiro atoms. The molecule has 0 radical (unpaired) electrons. The summed E-state index contributed by atoms with van der Waals surface area (Å²) in [4.78, 5) is 24.9. The third kappa shape index (κ3) is 2.19. The van der Waals surface area contributed by atoms with Crippen molar-refractivity contribution in [2.75, 3.05) is 7.05 Å². The number of nitrogens with zero attached hydrogens (tertiary/aromatic N) is 5. The Kier molecular flexibility index (Phi) is 2.86. The molecule has 2 rings (SSSR count). The number of carbonyl (C=O) groups is 1. The Morgan fingerprint density at radius 3 is 2.75 bits per heavy atom. The maximum atomic E-state index is 11.9. The zero-order valence-corrected chi connectivity index (χ0v) is 8.66. The van der Waals surface area contributed by atoms with Crippen LogP contribution in [0.4, 0.5) is 0 Å². The molecular weight excluding hydrogens is 208 g/mol. The molecule has 0 aliphatic heterocycles. The summed E-state index contributed by atoms with van der Waals surface area (Å²) in [5.74, 6) is 0.477. The fourth-order valence-corrected chi connectivity index (χ4v) is 1.23. The smallest absolute Gasteiger partial charge is 0.257 e. The summed E-state index contributed by atoms with van der Waals surface area (Å²) in [5.41, 5.74) is 0.449. The van der Waals surface area contributed by atoms with E-state index in [0.29, 0.717) is 17.9 Å². The first-order valence-corrected chi connectivity index (χ1v) is 4.62. The molecule has 16 heavy (non-hydrogen) atoms. The predicted molar refractivity (Wildman–Crippen MR) is 54.2 cm³/mol. The van der Waals surface area contributed by atoms with Crippen molar-refractivity contribution in [3.8, 4) is 0 Å². The molecule has 0 aromatic carbocycles. The van der Waals surface area contributed by atoms with E-state index in [1.807, 2.05) is 0 Å². The number of rotatable bonds is 3. The summed E-state index contributed by atoms with van der Waals surface area (Å²) in [5, 5.41) is 6.40. The number of aromatic nitrogens is 5. The van der Waals surface area contributed by atoms with Crippen LogP contribution >= 0.6 is 0 Å². The van der Waals surface area contributed by atoms with E-state index in [1.165, 1.54) is 29.9 Å². The maximum absolute atomic E-state index is 11.9. The highest BCUT2D eigenvalue weighted by Gasteiger charge is 2.13. The second-order valence-electron chi connectivity index (χ2n) is 3.22. The van der Waals surface area contributed by atoms with Crippen LogP contribution in [0.2, 0.25) is 0 Å². The van der Waals surface area contributed by atoms with Gasteiger partial charge in [-0.3, -0.25) is 9.89 Å². The molecule has 7 heteroatoms. The van der Waals surface area contributed by atoms with Gasteiger partial charge in [0.1, 0.15) is 18.5 Å². The van der Waals surface area contributed by atoms with Gasteiger partial charge in [-0.05, 0) is 0 Å². The minimum absolute atomic E-state index is 0.156. The highest BCUT2D eigenvalue weighted by molar-refractivity contribution is 5.93. The van der Waals surface area contributed by atoms with Gasteiger partial charge in [-0.1, -0.05) is 0 Å². The molecule has 2 aromatic heterocycles. The van der Waals surface area contributed by atoms with Gasteiger partial charge in [0.25, 0.3) is 5.91 Å². The molecular formula is C9H10N6O. The lowest BCUT2D eigenvalue weighted by atomic mass is 10.3. The molecule has 1 amide bonds. The Bertz CT molecular complexity index is 454. The van der Waals surface area contributed by atoms with Gasteiger partial charge in [-0.2, -0.15) is 5.10 Å². The standard InChI is InChI=1S/C9H10N6O/c1-15(4-8-12-6-13-14-8)9(16)7-2-10-5-11-3-7/h2-3,5-6H,4H2,1H3,(H,12,13,14). The van der Waals surface area contributed by atoms with Crippen LogP contribution in [-0.4, -0.2) is 43.0 Å². The lowest BCUT2D eigenvalue weighted by Crippen LogP contribution is -2.26. The van der Waals surface area contributed by atoms with Crippen molar-refractivity contribution >= 4 is 5.91 Å². The summed E-state index contributed by atoms with van der Waals surface area (Å²) in [6.07, 6.45) is 5.74. The molecule has 0 fully saturated rings. The van der Waals surface area contributed by atoms with Gasteiger partial charge in [0.15, 0.2) is 0 Å². The summed E-state index contributed by atoms with van der Waals surface area (Å²) in [6.45, 7) is 0.369. The van der Waals surface area contributed by atoms with Crippen LogP contribution in [0.25, 0.3) is 0 Å². The highest BCUT2D eigenvalue weighted by Crippen LogP contribution is 2.02. The van der Waals surface area contributed by atoms with Gasteiger partial charge in [0.2, 0.25) is 0 Å². The van der Waals surface area contributed by atoms with E-state index >= 15 is 0 Å². The van der Waals surface area contributed by atoms with Crippen molar-refractivity contribution in [2.24, 2.45) is 0 Å². The number of H-pyrrole nitrogens is 1. The van der Waals surface area contributed by atoms with Gasteiger partial charge in [-0.15, -0.1) is 0 Å². The number of amides is 1. The van der Waals surface area contributed by atoms with Crippen LogP contribution in [-0.2, 0) is 6.54 Å². The molecule has 0 aliphatic carbocycles. The Labute approximate surface area is 91.6 Å². The molecule has 0 unspecified atom stereocenters. The monoisotopic (exact) mass is 218 g/mol. The molecule has 0 aliphatic rings. The van der Waals surface area contributed by atoms with Crippen LogP contribution in [0.5, 0.6) is 0 Å². The summed E-state index contributed by atoms with van der Waals surface area (Å²) in [7, 11) is 1.68. The minimum atomic E-state index is -0.156. The number of carbonyl (C=O) groups excluding carboxylic acids is 1. The van der Waals surface area contributed by atoms with Crippen molar-refractivity contribution < 1.29 is 4.79 Å². The first-order chi connectivity index (χ1) is 7.77. The Morgan fingerprint density at radius 1 is 1.38 bits per heavy atom. The first-order valence-electron chi connectivity index (χ1n) is 4.62. The maximum Gasteiger partial charge on any atom is 0.257 e.